The van der Waals surface area contributed by atoms with Crippen molar-refractivity contribution in [1.29, 1.82) is 0 Å². The first-order valence-corrected chi connectivity index (χ1v) is 9.31. The van der Waals surface area contributed by atoms with Crippen molar-refractivity contribution >= 4 is 15.9 Å². The second-order valence-electron chi connectivity index (χ2n) is 6.83. The molecule has 0 aliphatic heterocycles. The van der Waals surface area contributed by atoms with Crippen LogP contribution in [0, 0.1) is 13.8 Å². The van der Waals surface area contributed by atoms with Gasteiger partial charge in [-0.05, 0) is 57.9 Å². The van der Waals surface area contributed by atoms with E-state index in [0.29, 0.717) is 12.3 Å². The van der Waals surface area contributed by atoms with Crippen molar-refractivity contribution in [1.82, 2.24) is 9.62 Å². The Balaban J connectivity index is 2.96. The van der Waals surface area contributed by atoms with Gasteiger partial charge in [-0.2, -0.15) is 0 Å². The summed E-state index contributed by atoms with van der Waals surface area (Å²) in [5, 5.41) is 0. The topological polar surface area (TPSA) is 75.7 Å². The first-order chi connectivity index (χ1) is 10.9. The molecule has 0 aromatic heterocycles. The molecule has 6 nitrogen and oxygen atoms in total. The number of rotatable bonds is 6. The van der Waals surface area contributed by atoms with Crippen LogP contribution in [-0.2, 0) is 14.8 Å². The van der Waals surface area contributed by atoms with Crippen LogP contribution in [0.5, 0.6) is 5.75 Å². The monoisotopic (exact) mass is 356 g/mol. The summed E-state index contributed by atoms with van der Waals surface area (Å²) in [4.78, 5) is 13.5. The van der Waals surface area contributed by atoms with Crippen molar-refractivity contribution in [2.24, 2.45) is 0 Å². The van der Waals surface area contributed by atoms with Gasteiger partial charge in [-0.15, -0.1) is 0 Å². The Labute approximate surface area is 145 Å². The van der Waals surface area contributed by atoms with Crippen LogP contribution in [0.2, 0.25) is 0 Å². The Morgan fingerprint density at radius 1 is 1.21 bits per heavy atom. The SMILES string of the molecule is COc1cc(C)c(C)cc1S(=O)(=O)NCCN(C(C)=O)C(C)(C)C. The van der Waals surface area contributed by atoms with Crippen molar-refractivity contribution in [3.05, 3.63) is 23.3 Å². The van der Waals surface area contributed by atoms with Gasteiger partial charge in [-0.3, -0.25) is 4.79 Å². The van der Waals surface area contributed by atoms with Crippen molar-refractivity contribution in [2.45, 2.75) is 52.0 Å². The summed E-state index contributed by atoms with van der Waals surface area (Å²) in [5.41, 5.74) is 1.47. The normalized spacial score (nSPS) is 12.1. The zero-order valence-corrected chi connectivity index (χ0v) is 16.4. The molecule has 24 heavy (non-hydrogen) atoms. The van der Waals surface area contributed by atoms with Gasteiger partial charge in [0, 0.05) is 25.6 Å². The van der Waals surface area contributed by atoms with E-state index in [4.69, 9.17) is 4.74 Å². The molecule has 0 unspecified atom stereocenters. The average Bonchev–Trinajstić information content (AvgIpc) is 2.44. The Morgan fingerprint density at radius 3 is 2.21 bits per heavy atom. The number of ether oxygens (including phenoxy) is 1. The largest absolute Gasteiger partial charge is 0.495 e. The lowest BCUT2D eigenvalue weighted by atomic mass is 10.1. The summed E-state index contributed by atoms with van der Waals surface area (Å²) in [6, 6.07) is 3.31. The number of aryl methyl sites for hydroxylation is 2. The number of nitrogens with one attached hydrogen (secondary N) is 1. The van der Waals surface area contributed by atoms with Crippen molar-refractivity contribution in [3.63, 3.8) is 0 Å². The second kappa shape index (κ2) is 7.53. The van der Waals surface area contributed by atoms with Crippen LogP contribution in [0.25, 0.3) is 0 Å². The van der Waals surface area contributed by atoms with E-state index in [2.05, 4.69) is 4.72 Å². The zero-order chi connectivity index (χ0) is 18.7. The summed E-state index contributed by atoms with van der Waals surface area (Å²) >= 11 is 0. The number of sulfonamides is 1. The smallest absolute Gasteiger partial charge is 0.244 e. The highest BCUT2D eigenvalue weighted by atomic mass is 32.2. The highest BCUT2D eigenvalue weighted by molar-refractivity contribution is 7.89. The molecule has 0 heterocycles. The number of amides is 1. The molecule has 0 atom stereocenters. The van der Waals surface area contributed by atoms with E-state index >= 15 is 0 Å². The second-order valence-corrected chi connectivity index (χ2v) is 8.56. The van der Waals surface area contributed by atoms with Crippen LogP contribution in [0.15, 0.2) is 17.0 Å². The predicted octanol–water partition coefficient (Wildman–Crippen LogP) is 2.24. The summed E-state index contributed by atoms with van der Waals surface area (Å²) in [7, 11) is -2.28. The van der Waals surface area contributed by atoms with Crippen LogP contribution in [0.1, 0.15) is 38.8 Å². The van der Waals surface area contributed by atoms with Gasteiger partial charge in [0.25, 0.3) is 0 Å². The van der Waals surface area contributed by atoms with Gasteiger partial charge >= 0.3 is 0 Å². The maximum absolute atomic E-state index is 12.6. The molecule has 7 heteroatoms. The Kier molecular flexibility index (Phi) is 6.41. The maximum atomic E-state index is 12.6. The minimum atomic E-state index is -3.72. The molecule has 0 aliphatic carbocycles. The lowest BCUT2D eigenvalue weighted by Gasteiger charge is -2.35. The molecule has 1 amide bonds. The van der Waals surface area contributed by atoms with Gasteiger partial charge in [0.15, 0.2) is 0 Å². The molecule has 1 aromatic rings. The van der Waals surface area contributed by atoms with E-state index in [-0.39, 0.29) is 22.9 Å². The van der Waals surface area contributed by atoms with E-state index < -0.39 is 10.0 Å². The van der Waals surface area contributed by atoms with Crippen molar-refractivity contribution in [3.8, 4) is 5.75 Å². The number of hydrogen-bond donors (Lipinski definition) is 1. The molecule has 0 radical (unpaired) electrons. The quantitative estimate of drug-likeness (QED) is 0.848. The number of hydrogen-bond acceptors (Lipinski definition) is 4. The van der Waals surface area contributed by atoms with Crippen LogP contribution in [0.3, 0.4) is 0 Å². The number of carbonyl (C=O) groups excluding carboxylic acids is 1. The van der Waals surface area contributed by atoms with Gasteiger partial charge in [0.05, 0.1) is 7.11 Å². The molecule has 1 aromatic carbocycles. The lowest BCUT2D eigenvalue weighted by Crippen LogP contribution is -2.48. The predicted molar refractivity (Wildman–Crippen MR) is 94.8 cm³/mol. The fourth-order valence-electron chi connectivity index (χ4n) is 2.47. The van der Waals surface area contributed by atoms with Crippen LogP contribution < -0.4 is 9.46 Å². The minimum absolute atomic E-state index is 0.0922. The Morgan fingerprint density at radius 2 is 1.75 bits per heavy atom. The van der Waals surface area contributed by atoms with E-state index in [0.717, 1.165) is 11.1 Å². The number of nitrogens with zero attached hydrogens (tertiary/aromatic N) is 1. The molecule has 1 rings (SSSR count). The zero-order valence-electron chi connectivity index (χ0n) is 15.6. The van der Waals surface area contributed by atoms with Gasteiger partial charge in [-0.1, -0.05) is 0 Å². The van der Waals surface area contributed by atoms with E-state index in [1.807, 2.05) is 34.6 Å². The van der Waals surface area contributed by atoms with E-state index in [1.54, 1.807) is 17.0 Å². The number of methoxy groups -OCH3 is 1. The Bertz CT molecular complexity index is 706. The molecule has 0 aliphatic rings. The first-order valence-electron chi connectivity index (χ1n) is 7.83. The molecular weight excluding hydrogens is 328 g/mol. The fraction of sp³-hybridized carbons (Fsp3) is 0.588. The molecular formula is C17H28N2O4S. The standard InChI is InChI=1S/C17H28N2O4S/c1-12-10-15(23-7)16(11-13(12)2)24(21,22)18-8-9-19(14(3)20)17(4,5)6/h10-11,18H,8-9H2,1-7H3. The molecule has 1 N–H and O–H groups in total. The third kappa shape index (κ3) is 4.95. The molecule has 0 spiro atoms. The molecule has 0 bridgehead atoms. The van der Waals surface area contributed by atoms with Crippen LogP contribution in [0.4, 0.5) is 0 Å². The average molecular weight is 356 g/mol. The molecule has 0 saturated heterocycles. The van der Waals surface area contributed by atoms with Crippen molar-refractivity contribution < 1.29 is 17.9 Å². The third-order valence-corrected chi connectivity index (χ3v) is 5.37. The minimum Gasteiger partial charge on any atom is -0.495 e. The number of benzene rings is 1. The highest BCUT2D eigenvalue weighted by Crippen LogP contribution is 2.27. The highest BCUT2D eigenvalue weighted by Gasteiger charge is 2.25. The van der Waals surface area contributed by atoms with Crippen molar-refractivity contribution in [2.75, 3.05) is 20.2 Å². The molecule has 0 saturated carbocycles. The molecule has 136 valence electrons. The summed E-state index contributed by atoms with van der Waals surface area (Å²) in [6.45, 7) is 11.4. The van der Waals surface area contributed by atoms with Gasteiger partial charge in [0.1, 0.15) is 10.6 Å². The number of carbonyl (C=O) groups is 1. The fourth-order valence-corrected chi connectivity index (χ4v) is 3.72. The Hall–Kier alpha value is -1.60. The lowest BCUT2D eigenvalue weighted by molar-refractivity contribution is -0.133. The summed E-state index contributed by atoms with van der Waals surface area (Å²) in [6.07, 6.45) is 0. The summed E-state index contributed by atoms with van der Waals surface area (Å²) < 4.78 is 32.9. The van der Waals surface area contributed by atoms with E-state index in [9.17, 15) is 13.2 Å². The molecule has 0 fully saturated rings. The van der Waals surface area contributed by atoms with Gasteiger partial charge < -0.3 is 9.64 Å². The van der Waals surface area contributed by atoms with Gasteiger partial charge in [-0.25, -0.2) is 13.1 Å². The first kappa shape index (κ1) is 20.4. The van der Waals surface area contributed by atoms with Gasteiger partial charge in [0.2, 0.25) is 15.9 Å². The maximum Gasteiger partial charge on any atom is 0.244 e. The summed E-state index contributed by atoms with van der Waals surface area (Å²) in [5.74, 6) is 0.218. The van der Waals surface area contributed by atoms with E-state index in [1.165, 1.54) is 14.0 Å². The van der Waals surface area contributed by atoms with Crippen LogP contribution in [-0.4, -0.2) is 45.0 Å². The van der Waals surface area contributed by atoms with Crippen LogP contribution >= 0.6 is 0 Å². The third-order valence-electron chi connectivity index (χ3n) is 3.89.